The normalized spacial score (nSPS) is 13.3. The number of hydrogen-bond acceptors (Lipinski definition) is 3. The molecule has 0 aliphatic carbocycles. The van der Waals surface area contributed by atoms with Crippen molar-refractivity contribution in [2.45, 2.75) is 26.9 Å². The van der Waals surface area contributed by atoms with Gasteiger partial charge in [-0.05, 0) is 24.3 Å². The van der Waals surface area contributed by atoms with Crippen LogP contribution < -0.4 is 4.90 Å². The molecule has 0 radical (unpaired) electrons. The maximum Gasteiger partial charge on any atom is 0.130 e. The molecule has 0 fully saturated rings. The third-order valence-electron chi connectivity index (χ3n) is 3.91. The van der Waals surface area contributed by atoms with E-state index in [-0.39, 0.29) is 11.6 Å². The zero-order chi connectivity index (χ0) is 15.7. The molecule has 0 bridgehead atoms. The number of anilines is 1. The van der Waals surface area contributed by atoms with Crippen LogP contribution >= 0.6 is 0 Å². The fourth-order valence-electron chi connectivity index (χ4n) is 2.98. The molecule has 114 valence electrons. The fraction of sp³-hybridized carbons (Fsp3) is 0.333. The van der Waals surface area contributed by atoms with Crippen molar-refractivity contribution in [2.75, 3.05) is 11.9 Å². The summed E-state index contributed by atoms with van der Waals surface area (Å²) >= 11 is 0. The monoisotopic (exact) mass is 294 g/mol. The highest BCUT2D eigenvalue weighted by Crippen LogP contribution is 2.36. The van der Waals surface area contributed by atoms with Gasteiger partial charge in [0.2, 0.25) is 0 Å². The molecule has 0 aliphatic rings. The Morgan fingerprint density at radius 1 is 0.955 bits per heavy atom. The summed E-state index contributed by atoms with van der Waals surface area (Å²) in [7, 11) is 2.11. The third-order valence-corrected chi connectivity index (χ3v) is 3.91. The second-order valence-corrected chi connectivity index (χ2v) is 6.71. The van der Waals surface area contributed by atoms with E-state index in [0.717, 1.165) is 11.0 Å². The molecule has 0 saturated carbocycles. The van der Waals surface area contributed by atoms with Gasteiger partial charge in [0, 0.05) is 18.2 Å². The van der Waals surface area contributed by atoms with Gasteiger partial charge >= 0.3 is 0 Å². The molecule has 0 saturated heterocycles. The Labute approximate surface area is 131 Å². The summed E-state index contributed by atoms with van der Waals surface area (Å²) in [4.78, 5) is 2.26. The van der Waals surface area contributed by atoms with E-state index in [2.05, 4.69) is 73.4 Å². The molecule has 3 rings (SSSR count). The van der Waals surface area contributed by atoms with Gasteiger partial charge < -0.3 is 4.90 Å². The van der Waals surface area contributed by atoms with Crippen LogP contribution in [0.5, 0.6) is 0 Å². The molecule has 0 amide bonds. The summed E-state index contributed by atoms with van der Waals surface area (Å²) < 4.78 is 2.03. The Bertz CT molecular complexity index is 755. The summed E-state index contributed by atoms with van der Waals surface area (Å²) in [6.07, 6.45) is 0.0716. The van der Waals surface area contributed by atoms with Crippen LogP contribution in [0.25, 0.3) is 11.0 Å². The number of para-hydroxylation sites is 2. The number of benzene rings is 2. The Kier molecular flexibility index (Phi) is 3.61. The van der Waals surface area contributed by atoms with Gasteiger partial charge in [-0.1, -0.05) is 56.3 Å². The molecule has 0 aliphatic heterocycles. The van der Waals surface area contributed by atoms with E-state index in [4.69, 9.17) is 0 Å². The topological polar surface area (TPSA) is 34.0 Å². The van der Waals surface area contributed by atoms with Gasteiger partial charge in [0.1, 0.15) is 11.7 Å². The predicted octanol–water partition coefficient (Wildman–Crippen LogP) is 4.11. The number of nitrogens with zero attached hydrogens (tertiary/aromatic N) is 4. The number of hydrogen-bond donors (Lipinski definition) is 0. The summed E-state index contributed by atoms with van der Waals surface area (Å²) in [5.74, 6) is 0. The molecule has 1 aromatic heterocycles. The van der Waals surface area contributed by atoms with Crippen LogP contribution in [-0.4, -0.2) is 22.0 Å². The molecule has 0 N–H and O–H groups in total. The van der Waals surface area contributed by atoms with E-state index in [1.54, 1.807) is 0 Å². The van der Waals surface area contributed by atoms with Crippen molar-refractivity contribution in [3.63, 3.8) is 0 Å². The maximum absolute atomic E-state index is 4.43. The average Bonchev–Trinajstić information content (AvgIpc) is 2.91. The molecular weight excluding hydrogens is 272 g/mol. The summed E-state index contributed by atoms with van der Waals surface area (Å²) in [5, 5.41) is 8.75. The van der Waals surface area contributed by atoms with Crippen molar-refractivity contribution < 1.29 is 0 Å². The molecule has 3 aromatic rings. The first-order chi connectivity index (χ1) is 10.5. The molecule has 4 heteroatoms. The lowest BCUT2D eigenvalue weighted by atomic mass is 9.91. The van der Waals surface area contributed by atoms with Crippen LogP contribution in [0.15, 0.2) is 54.6 Å². The highest BCUT2D eigenvalue weighted by Gasteiger charge is 2.32. The molecule has 0 spiro atoms. The van der Waals surface area contributed by atoms with Crippen molar-refractivity contribution in [3.8, 4) is 0 Å². The van der Waals surface area contributed by atoms with E-state index in [1.165, 1.54) is 5.69 Å². The van der Waals surface area contributed by atoms with Crippen molar-refractivity contribution in [2.24, 2.45) is 5.41 Å². The smallest absolute Gasteiger partial charge is 0.130 e. The Hall–Kier alpha value is -2.36. The highest BCUT2D eigenvalue weighted by molar-refractivity contribution is 5.74. The second kappa shape index (κ2) is 5.44. The zero-order valence-corrected chi connectivity index (χ0v) is 13.6. The molecule has 1 heterocycles. The fourth-order valence-corrected chi connectivity index (χ4v) is 2.98. The van der Waals surface area contributed by atoms with Crippen molar-refractivity contribution >= 4 is 16.7 Å². The lowest BCUT2D eigenvalue weighted by Crippen LogP contribution is -2.39. The lowest BCUT2D eigenvalue weighted by molar-refractivity contribution is 0.225. The molecule has 1 atom stereocenters. The van der Waals surface area contributed by atoms with Gasteiger partial charge in [0.25, 0.3) is 0 Å². The lowest BCUT2D eigenvalue weighted by Gasteiger charge is -2.39. The van der Waals surface area contributed by atoms with Crippen LogP contribution in [-0.2, 0) is 0 Å². The van der Waals surface area contributed by atoms with Gasteiger partial charge in [0.05, 0.1) is 5.52 Å². The van der Waals surface area contributed by atoms with E-state index in [1.807, 2.05) is 28.9 Å². The minimum absolute atomic E-state index is 0.00105. The molecule has 1 unspecified atom stereocenters. The van der Waals surface area contributed by atoms with E-state index < -0.39 is 0 Å². The zero-order valence-electron chi connectivity index (χ0n) is 13.6. The van der Waals surface area contributed by atoms with Gasteiger partial charge in [-0.2, -0.15) is 0 Å². The minimum atomic E-state index is 0.00105. The first-order valence-electron chi connectivity index (χ1n) is 7.56. The highest BCUT2D eigenvalue weighted by atomic mass is 15.5. The van der Waals surface area contributed by atoms with Crippen LogP contribution in [0.1, 0.15) is 26.9 Å². The standard InChI is InChI=1S/C18H22N4/c1-18(2,3)17(21(4)14-10-6-5-7-11-14)22-16-13-9-8-12-15(16)19-20-22/h5-13,17H,1-4H3. The van der Waals surface area contributed by atoms with Gasteiger partial charge in [-0.25, -0.2) is 4.68 Å². The third kappa shape index (κ3) is 2.56. The minimum Gasteiger partial charge on any atom is -0.352 e. The quantitative estimate of drug-likeness (QED) is 0.729. The molecule has 2 aromatic carbocycles. The average molecular weight is 294 g/mol. The van der Waals surface area contributed by atoms with Crippen LogP contribution in [0.4, 0.5) is 5.69 Å². The van der Waals surface area contributed by atoms with Gasteiger partial charge in [0.15, 0.2) is 0 Å². The maximum atomic E-state index is 4.43. The van der Waals surface area contributed by atoms with Crippen molar-refractivity contribution in [3.05, 3.63) is 54.6 Å². The summed E-state index contributed by atoms with van der Waals surface area (Å²) in [6.45, 7) is 6.69. The Balaban J connectivity index is 2.12. The number of fused-ring (bicyclic) bond motifs is 1. The molecule has 4 nitrogen and oxygen atoms in total. The molecular formula is C18H22N4. The van der Waals surface area contributed by atoms with Crippen molar-refractivity contribution in [1.82, 2.24) is 15.0 Å². The number of aromatic nitrogens is 3. The van der Waals surface area contributed by atoms with Crippen molar-refractivity contribution in [1.29, 1.82) is 0 Å². The summed E-state index contributed by atoms with van der Waals surface area (Å²) in [6, 6.07) is 18.5. The summed E-state index contributed by atoms with van der Waals surface area (Å²) in [5.41, 5.74) is 3.16. The van der Waals surface area contributed by atoms with Gasteiger partial charge in [-0.15, -0.1) is 5.10 Å². The van der Waals surface area contributed by atoms with Crippen LogP contribution in [0, 0.1) is 5.41 Å². The largest absolute Gasteiger partial charge is 0.352 e. The van der Waals surface area contributed by atoms with E-state index in [0.29, 0.717) is 0 Å². The first kappa shape index (κ1) is 14.6. The van der Waals surface area contributed by atoms with E-state index >= 15 is 0 Å². The Morgan fingerprint density at radius 2 is 1.59 bits per heavy atom. The van der Waals surface area contributed by atoms with Gasteiger partial charge in [-0.3, -0.25) is 0 Å². The number of rotatable bonds is 3. The Morgan fingerprint density at radius 3 is 2.27 bits per heavy atom. The van der Waals surface area contributed by atoms with E-state index in [9.17, 15) is 0 Å². The predicted molar refractivity (Wildman–Crippen MR) is 90.9 cm³/mol. The van der Waals surface area contributed by atoms with Crippen LogP contribution in [0.2, 0.25) is 0 Å². The SMILES string of the molecule is CN(c1ccccc1)C(n1nnc2ccccc21)C(C)(C)C. The second-order valence-electron chi connectivity index (χ2n) is 6.71. The first-order valence-corrected chi connectivity index (χ1v) is 7.56. The molecule has 22 heavy (non-hydrogen) atoms. The van der Waals surface area contributed by atoms with Crippen LogP contribution in [0.3, 0.4) is 0 Å².